The van der Waals surface area contributed by atoms with Gasteiger partial charge in [-0.15, -0.1) is 0 Å². The third-order valence-electron chi connectivity index (χ3n) is 4.70. The van der Waals surface area contributed by atoms with Crippen LogP contribution in [-0.4, -0.2) is 44.7 Å². The van der Waals surface area contributed by atoms with Gasteiger partial charge in [0.25, 0.3) is 0 Å². The van der Waals surface area contributed by atoms with Gasteiger partial charge in [0.2, 0.25) is 0 Å². The Hall–Kier alpha value is -2.96. The van der Waals surface area contributed by atoms with Crippen molar-refractivity contribution in [1.29, 1.82) is 0 Å². The van der Waals surface area contributed by atoms with Gasteiger partial charge in [0.15, 0.2) is 0 Å². The van der Waals surface area contributed by atoms with Crippen LogP contribution < -0.4 is 4.90 Å². The van der Waals surface area contributed by atoms with E-state index in [-0.39, 0.29) is 17.9 Å². The van der Waals surface area contributed by atoms with Crippen molar-refractivity contribution in [3.05, 3.63) is 63.3 Å². The Kier molecular flexibility index (Phi) is 6.93. The normalized spacial score (nSPS) is 11.5. The van der Waals surface area contributed by atoms with Crippen molar-refractivity contribution in [1.82, 2.24) is 4.98 Å². The summed E-state index contributed by atoms with van der Waals surface area (Å²) in [5, 5.41) is 1.31. The molecule has 31 heavy (non-hydrogen) atoms. The van der Waals surface area contributed by atoms with Crippen LogP contribution >= 0.6 is 23.2 Å². The number of carbonyl (C=O) groups excluding carboxylic acids is 2. The molecule has 3 aromatic rings. The fourth-order valence-corrected chi connectivity index (χ4v) is 3.84. The zero-order chi connectivity index (χ0) is 22.7. The van der Waals surface area contributed by atoms with E-state index in [9.17, 15) is 9.59 Å². The van der Waals surface area contributed by atoms with Gasteiger partial charge in [0.05, 0.1) is 24.3 Å². The molecule has 0 bridgehead atoms. The van der Waals surface area contributed by atoms with Crippen molar-refractivity contribution in [2.45, 2.75) is 6.92 Å². The number of halogens is 2. The standard InChI is InChI=1S/C23H22Cl2N2O4/c1-5-31-23(29)21-17(20-18(25)10-14(24)11-19(20)26-21)12-16(22(28)30-4)13-7-6-8-15(9-13)27(2)3/h6-12,26H,5H2,1-4H3/b16-12+. The van der Waals surface area contributed by atoms with Crippen molar-refractivity contribution in [3.63, 3.8) is 0 Å². The summed E-state index contributed by atoms with van der Waals surface area (Å²) in [4.78, 5) is 30.3. The highest BCUT2D eigenvalue weighted by Gasteiger charge is 2.23. The van der Waals surface area contributed by atoms with Gasteiger partial charge in [-0.25, -0.2) is 9.59 Å². The quantitative estimate of drug-likeness (QED) is 0.392. The summed E-state index contributed by atoms with van der Waals surface area (Å²) in [6.45, 7) is 1.91. The monoisotopic (exact) mass is 460 g/mol. The number of aromatic amines is 1. The minimum Gasteiger partial charge on any atom is -0.465 e. The number of carbonyl (C=O) groups is 2. The Labute approximate surface area is 190 Å². The van der Waals surface area contributed by atoms with E-state index in [1.54, 1.807) is 31.2 Å². The molecule has 0 saturated carbocycles. The third kappa shape index (κ3) is 4.70. The molecule has 1 aromatic heterocycles. The number of nitrogens with zero attached hydrogens (tertiary/aromatic N) is 1. The highest BCUT2D eigenvalue weighted by atomic mass is 35.5. The highest BCUT2D eigenvalue weighted by molar-refractivity contribution is 6.39. The lowest BCUT2D eigenvalue weighted by atomic mass is 10.00. The van der Waals surface area contributed by atoms with Crippen LogP contribution in [-0.2, 0) is 14.3 Å². The number of H-pyrrole nitrogens is 1. The predicted molar refractivity (Wildman–Crippen MR) is 125 cm³/mol. The van der Waals surface area contributed by atoms with Gasteiger partial charge in [-0.1, -0.05) is 35.3 Å². The third-order valence-corrected chi connectivity index (χ3v) is 5.22. The fraction of sp³-hybridized carbons (Fsp3) is 0.217. The Morgan fingerprint density at radius 1 is 1.16 bits per heavy atom. The van der Waals surface area contributed by atoms with Crippen molar-refractivity contribution in [2.75, 3.05) is 32.7 Å². The van der Waals surface area contributed by atoms with Gasteiger partial charge >= 0.3 is 11.9 Å². The van der Waals surface area contributed by atoms with E-state index in [4.69, 9.17) is 32.7 Å². The molecule has 0 saturated heterocycles. The number of esters is 2. The number of fused-ring (bicyclic) bond motifs is 1. The van der Waals surface area contributed by atoms with Crippen molar-refractivity contribution < 1.29 is 19.1 Å². The molecular weight excluding hydrogens is 439 g/mol. The van der Waals surface area contributed by atoms with Crippen LogP contribution in [0.3, 0.4) is 0 Å². The number of methoxy groups -OCH3 is 1. The maximum Gasteiger partial charge on any atom is 0.355 e. The minimum absolute atomic E-state index is 0.172. The topological polar surface area (TPSA) is 71.6 Å². The second kappa shape index (κ2) is 9.45. The Bertz CT molecular complexity index is 1180. The van der Waals surface area contributed by atoms with E-state index in [0.717, 1.165) is 5.69 Å². The molecule has 0 aliphatic rings. The Morgan fingerprint density at radius 2 is 1.90 bits per heavy atom. The Balaban J connectivity index is 2.32. The molecule has 0 unspecified atom stereocenters. The molecule has 0 atom stereocenters. The first-order chi connectivity index (χ1) is 14.8. The SMILES string of the molecule is CCOC(=O)c1[nH]c2cc(Cl)cc(Cl)c2c1/C=C(/C(=O)OC)c1cccc(N(C)C)c1. The number of nitrogens with one attached hydrogen (secondary N) is 1. The van der Waals surface area contributed by atoms with E-state index < -0.39 is 11.9 Å². The molecule has 0 spiro atoms. The second-order valence-electron chi connectivity index (χ2n) is 6.94. The van der Waals surface area contributed by atoms with Gasteiger partial charge in [-0.3, -0.25) is 0 Å². The van der Waals surface area contributed by atoms with Crippen molar-refractivity contribution in [3.8, 4) is 0 Å². The first kappa shape index (κ1) is 22.7. The summed E-state index contributed by atoms with van der Waals surface area (Å²) in [5.74, 6) is -1.12. The summed E-state index contributed by atoms with van der Waals surface area (Å²) in [6.07, 6.45) is 1.59. The number of anilines is 1. The number of ether oxygens (including phenoxy) is 2. The predicted octanol–water partition coefficient (Wildman–Crippen LogP) is 5.43. The molecule has 0 radical (unpaired) electrons. The number of hydrogen-bond donors (Lipinski definition) is 1. The molecule has 8 heteroatoms. The largest absolute Gasteiger partial charge is 0.465 e. The van der Waals surface area contributed by atoms with Crippen LogP contribution in [0.15, 0.2) is 36.4 Å². The first-order valence-corrected chi connectivity index (χ1v) is 10.3. The summed E-state index contributed by atoms with van der Waals surface area (Å²) in [5.41, 5.74) is 2.95. The van der Waals surface area contributed by atoms with E-state index in [2.05, 4.69) is 4.98 Å². The van der Waals surface area contributed by atoms with E-state index in [1.165, 1.54) is 7.11 Å². The molecule has 0 fully saturated rings. The van der Waals surface area contributed by atoms with Crippen LogP contribution in [0.1, 0.15) is 28.5 Å². The summed E-state index contributed by atoms with van der Waals surface area (Å²) in [7, 11) is 5.12. The summed E-state index contributed by atoms with van der Waals surface area (Å²) < 4.78 is 10.2. The lowest BCUT2D eigenvalue weighted by Gasteiger charge is -2.14. The van der Waals surface area contributed by atoms with Crippen LogP contribution in [0.2, 0.25) is 10.0 Å². The van der Waals surface area contributed by atoms with Gasteiger partial charge in [-0.2, -0.15) is 0 Å². The lowest BCUT2D eigenvalue weighted by Crippen LogP contribution is -2.10. The Morgan fingerprint density at radius 3 is 2.55 bits per heavy atom. The van der Waals surface area contributed by atoms with E-state index in [1.807, 2.05) is 37.2 Å². The number of rotatable bonds is 6. The molecule has 1 N–H and O–H groups in total. The molecular formula is C23H22Cl2N2O4. The van der Waals surface area contributed by atoms with Crippen LogP contribution in [0, 0.1) is 0 Å². The van der Waals surface area contributed by atoms with E-state index in [0.29, 0.717) is 32.1 Å². The number of benzene rings is 2. The van der Waals surface area contributed by atoms with E-state index >= 15 is 0 Å². The van der Waals surface area contributed by atoms with Crippen LogP contribution in [0.25, 0.3) is 22.6 Å². The molecule has 162 valence electrons. The van der Waals surface area contributed by atoms with Crippen LogP contribution in [0.4, 0.5) is 5.69 Å². The zero-order valence-corrected chi connectivity index (χ0v) is 19.1. The minimum atomic E-state index is -0.566. The summed E-state index contributed by atoms with van der Waals surface area (Å²) in [6, 6.07) is 10.7. The molecule has 3 rings (SSSR count). The highest BCUT2D eigenvalue weighted by Crippen LogP contribution is 2.35. The molecule has 6 nitrogen and oxygen atoms in total. The molecule has 0 aliphatic heterocycles. The number of hydrogen-bond acceptors (Lipinski definition) is 5. The fourth-order valence-electron chi connectivity index (χ4n) is 3.25. The molecule has 0 amide bonds. The lowest BCUT2D eigenvalue weighted by molar-refractivity contribution is -0.133. The van der Waals surface area contributed by atoms with Gasteiger partial charge < -0.3 is 19.4 Å². The van der Waals surface area contributed by atoms with Crippen molar-refractivity contribution in [2.24, 2.45) is 0 Å². The molecule has 2 aromatic carbocycles. The smallest absolute Gasteiger partial charge is 0.355 e. The average molecular weight is 461 g/mol. The van der Waals surface area contributed by atoms with Gasteiger partial charge in [0, 0.05) is 41.3 Å². The maximum atomic E-state index is 12.7. The maximum absolute atomic E-state index is 12.7. The van der Waals surface area contributed by atoms with Crippen molar-refractivity contribution >= 4 is 63.4 Å². The van der Waals surface area contributed by atoms with Gasteiger partial charge in [-0.05, 0) is 42.8 Å². The molecule has 0 aliphatic carbocycles. The second-order valence-corrected chi connectivity index (χ2v) is 7.78. The summed E-state index contributed by atoms with van der Waals surface area (Å²) >= 11 is 12.6. The average Bonchev–Trinajstić information content (AvgIpc) is 3.10. The van der Waals surface area contributed by atoms with Gasteiger partial charge in [0.1, 0.15) is 5.69 Å². The van der Waals surface area contributed by atoms with Crippen LogP contribution in [0.5, 0.6) is 0 Å². The molecule has 1 heterocycles. The number of aromatic nitrogens is 1. The first-order valence-electron chi connectivity index (χ1n) is 9.52. The zero-order valence-electron chi connectivity index (χ0n) is 17.6.